The summed E-state index contributed by atoms with van der Waals surface area (Å²) in [6.07, 6.45) is 4.86. The predicted octanol–water partition coefficient (Wildman–Crippen LogP) is 2.44. The molecule has 0 aliphatic carbocycles. The van der Waals surface area contributed by atoms with Gasteiger partial charge in [-0.1, -0.05) is 6.07 Å². The summed E-state index contributed by atoms with van der Waals surface area (Å²) in [4.78, 5) is 20.1. The molecule has 6 nitrogen and oxygen atoms in total. The molecule has 1 aliphatic heterocycles. The van der Waals surface area contributed by atoms with Gasteiger partial charge in [-0.05, 0) is 35.9 Å². The van der Waals surface area contributed by atoms with E-state index in [0.29, 0.717) is 17.1 Å². The molecule has 6 heteroatoms. The quantitative estimate of drug-likeness (QED) is 0.641. The van der Waals surface area contributed by atoms with Crippen LogP contribution in [0.25, 0.3) is 6.08 Å². The van der Waals surface area contributed by atoms with Crippen LogP contribution < -0.4 is 9.47 Å². The Morgan fingerprint density at radius 3 is 2.48 bits per heavy atom. The Hall–Kier alpha value is -3.15. The van der Waals surface area contributed by atoms with Gasteiger partial charge in [0.05, 0.1) is 14.2 Å². The third kappa shape index (κ3) is 3.06. The number of carbonyl (C=O) groups is 1. The van der Waals surface area contributed by atoms with Gasteiger partial charge < -0.3 is 14.2 Å². The third-order valence-corrected chi connectivity index (χ3v) is 3.26. The van der Waals surface area contributed by atoms with Crippen LogP contribution in [0.5, 0.6) is 11.5 Å². The van der Waals surface area contributed by atoms with Crippen molar-refractivity contribution in [2.24, 2.45) is 4.99 Å². The number of hydrogen-bond donors (Lipinski definition) is 0. The second-order valence-corrected chi connectivity index (χ2v) is 4.69. The lowest BCUT2D eigenvalue weighted by molar-refractivity contribution is -0.129. The fourth-order valence-corrected chi connectivity index (χ4v) is 2.13. The molecule has 1 aliphatic rings. The molecule has 2 heterocycles. The molecule has 1 aromatic heterocycles. The topological polar surface area (TPSA) is 70.0 Å². The summed E-state index contributed by atoms with van der Waals surface area (Å²) in [6, 6.07) is 8.79. The number of benzene rings is 1. The van der Waals surface area contributed by atoms with Crippen molar-refractivity contribution in [3.05, 3.63) is 59.5 Å². The molecule has 0 radical (unpaired) electrons. The average Bonchev–Trinajstić information content (AvgIpc) is 2.96. The van der Waals surface area contributed by atoms with E-state index >= 15 is 0 Å². The summed E-state index contributed by atoms with van der Waals surface area (Å²) in [6.45, 7) is 0. The molecule has 0 fully saturated rings. The summed E-state index contributed by atoms with van der Waals surface area (Å²) in [7, 11) is 3.12. The highest BCUT2D eigenvalue weighted by Crippen LogP contribution is 2.29. The van der Waals surface area contributed by atoms with Crippen molar-refractivity contribution >= 4 is 17.9 Å². The van der Waals surface area contributed by atoms with Crippen LogP contribution in [0.4, 0.5) is 0 Å². The van der Waals surface area contributed by atoms with Crippen molar-refractivity contribution in [3.8, 4) is 11.5 Å². The van der Waals surface area contributed by atoms with Crippen molar-refractivity contribution < 1.29 is 19.0 Å². The molecule has 0 bridgehead atoms. The normalized spacial score (nSPS) is 15.3. The van der Waals surface area contributed by atoms with Gasteiger partial charge in [0.15, 0.2) is 17.2 Å². The Kier molecular flexibility index (Phi) is 4.05. The maximum absolute atomic E-state index is 12.0. The summed E-state index contributed by atoms with van der Waals surface area (Å²) in [5, 5.41) is 0. The van der Waals surface area contributed by atoms with E-state index in [2.05, 4.69) is 9.98 Å². The van der Waals surface area contributed by atoms with Crippen molar-refractivity contribution in [2.75, 3.05) is 14.2 Å². The molecule has 0 atom stereocenters. The minimum Gasteiger partial charge on any atom is -0.493 e. The minimum absolute atomic E-state index is 0.226. The molecule has 0 unspecified atom stereocenters. The molecule has 0 saturated carbocycles. The highest BCUT2D eigenvalue weighted by atomic mass is 16.6. The van der Waals surface area contributed by atoms with Crippen LogP contribution in [0.2, 0.25) is 0 Å². The molecule has 0 N–H and O–H groups in total. The van der Waals surface area contributed by atoms with Gasteiger partial charge in [0.1, 0.15) is 0 Å². The molecule has 0 saturated heterocycles. The zero-order valence-electron chi connectivity index (χ0n) is 12.6. The highest BCUT2D eigenvalue weighted by molar-refractivity contribution is 6.12. The van der Waals surface area contributed by atoms with E-state index in [-0.39, 0.29) is 11.6 Å². The summed E-state index contributed by atoms with van der Waals surface area (Å²) in [5.74, 6) is 0.965. The molecule has 0 spiro atoms. The summed E-state index contributed by atoms with van der Waals surface area (Å²) in [5.41, 5.74) is 1.68. The maximum atomic E-state index is 12.0. The van der Waals surface area contributed by atoms with Crippen LogP contribution in [-0.2, 0) is 9.53 Å². The highest BCUT2D eigenvalue weighted by Gasteiger charge is 2.24. The Balaban J connectivity index is 1.93. The smallest absolute Gasteiger partial charge is 0.363 e. The standard InChI is InChI=1S/C17H14N2O4/c1-21-14-4-3-11(10-15(14)22-2)9-13-17(20)23-16(19-13)12-5-7-18-8-6-12/h3-10H,1-2H3/b13-9+. The van der Waals surface area contributed by atoms with E-state index in [0.717, 1.165) is 5.56 Å². The molecular formula is C17H14N2O4. The number of ether oxygens (including phenoxy) is 3. The van der Waals surface area contributed by atoms with Gasteiger partial charge >= 0.3 is 5.97 Å². The zero-order valence-corrected chi connectivity index (χ0v) is 12.6. The van der Waals surface area contributed by atoms with Crippen LogP contribution in [0.1, 0.15) is 11.1 Å². The average molecular weight is 310 g/mol. The molecule has 1 aromatic carbocycles. The van der Waals surface area contributed by atoms with Crippen LogP contribution in [-0.4, -0.2) is 31.1 Å². The lowest BCUT2D eigenvalue weighted by atomic mass is 10.1. The first kappa shape index (κ1) is 14.8. The second kappa shape index (κ2) is 6.31. The molecule has 2 aromatic rings. The molecule has 3 rings (SSSR count). The number of hydrogen-bond acceptors (Lipinski definition) is 6. The monoisotopic (exact) mass is 310 g/mol. The summed E-state index contributed by atoms with van der Waals surface area (Å²) >= 11 is 0. The number of methoxy groups -OCH3 is 2. The fraction of sp³-hybridized carbons (Fsp3) is 0.118. The van der Waals surface area contributed by atoms with Gasteiger partial charge in [-0.2, -0.15) is 0 Å². The number of aromatic nitrogens is 1. The van der Waals surface area contributed by atoms with Crippen LogP contribution in [0.3, 0.4) is 0 Å². The van der Waals surface area contributed by atoms with Crippen molar-refractivity contribution in [2.45, 2.75) is 0 Å². The first-order valence-corrected chi connectivity index (χ1v) is 6.86. The Bertz CT molecular complexity index is 797. The number of nitrogens with zero attached hydrogens (tertiary/aromatic N) is 2. The van der Waals surface area contributed by atoms with Crippen LogP contribution in [0.15, 0.2) is 53.4 Å². The van der Waals surface area contributed by atoms with Gasteiger partial charge in [0.25, 0.3) is 0 Å². The zero-order chi connectivity index (χ0) is 16.2. The molecular weight excluding hydrogens is 296 g/mol. The molecule has 0 amide bonds. The van der Waals surface area contributed by atoms with E-state index in [1.165, 1.54) is 0 Å². The van der Waals surface area contributed by atoms with Crippen LogP contribution in [0, 0.1) is 0 Å². The minimum atomic E-state index is -0.494. The van der Waals surface area contributed by atoms with Crippen LogP contribution >= 0.6 is 0 Å². The van der Waals surface area contributed by atoms with Crippen molar-refractivity contribution in [1.29, 1.82) is 0 Å². The first-order chi connectivity index (χ1) is 11.2. The largest absolute Gasteiger partial charge is 0.493 e. The van der Waals surface area contributed by atoms with Gasteiger partial charge in [0, 0.05) is 18.0 Å². The van der Waals surface area contributed by atoms with E-state index in [1.807, 2.05) is 6.07 Å². The van der Waals surface area contributed by atoms with Gasteiger partial charge in [-0.3, -0.25) is 4.98 Å². The number of pyridine rings is 1. The van der Waals surface area contributed by atoms with E-state index in [4.69, 9.17) is 14.2 Å². The van der Waals surface area contributed by atoms with Gasteiger partial charge in [-0.15, -0.1) is 0 Å². The van der Waals surface area contributed by atoms with E-state index in [1.54, 1.807) is 57.0 Å². The van der Waals surface area contributed by atoms with Crippen molar-refractivity contribution in [1.82, 2.24) is 4.98 Å². The second-order valence-electron chi connectivity index (χ2n) is 4.69. The molecule has 23 heavy (non-hydrogen) atoms. The lowest BCUT2D eigenvalue weighted by Crippen LogP contribution is -2.05. The number of esters is 1. The number of aliphatic imine (C=N–C) groups is 1. The first-order valence-electron chi connectivity index (χ1n) is 6.86. The third-order valence-electron chi connectivity index (χ3n) is 3.26. The number of cyclic esters (lactones) is 1. The lowest BCUT2D eigenvalue weighted by Gasteiger charge is -2.07. The predicted molar refractivity (Wildman–Crippen MR) is 84.4 cm³/mol. The van der Waals surface area contributed by atoms with Gasteiger partial charge in [-0.25, -0.2) is 9.79 Å². The summed E-state index contributed by atoms with van der Waals surface area (Å²) < 4.78 is 15.6. The molecule has 116 valence electrons. The SMILES string of the molecule is COc1ccc(/C=C2/N=C(c3ccncc3)OC2=O)cc1OC. The van der Waals surface area contributed by atoms with Gasteiger partial charge in [0.2, 0.25) is 5.90 Å². The Labute approximate surface area is 133 Å². The number of rotatable bonds is 4. The van der Waals surface area contributed by atoms with E-state index < -0.39 is 5.97 Å². The Morgan fingerprint density at radius 2 is 1.78 bits per heavy atom. The maximum Gasteiger partial charge on any atom is 0.363 e. The van der Waals surface area contributed by atoms with E-state index in [9.17, 15) is 4.79 Å². The van der Waals surface area contributed by atoms with Crippen molar-refractivity contribution in [3.63, 3.8) is 0 Å². The Morgan fingerprint density at radius 1 is 1.04 bits per heavy atom. The fourth-order valence-electron chi connectivity index (χ4n) is 2.13. The number of carbonyl (C=O) groups excluding carboxylic acids is 1.